The summed E-state index contributed by atoms with van der Waals surface area (Å²) in [5.74, 6) is -3.79. The molecule has 276 valence electrons. The van der Waals surface area contributed by atoms with E-state index in [0.717, 1.165) is 6.42 Å². The molecule has 0 radical (unpaired) electrons. The van der Waals surface area contributed by atoms with Crippen LogP contribution >= 0.6 is 0 Å². The highest BCUT2D eigenvalue weighted by Gasteiger charge is 2.91. The number of ether oxygens (including phenoxy) is 5. The molecule has 1 spiro atoms. The van der Waals surface area contributed by atoms with E-state index in [0.29, 0.717) is 25.9 Å². The van der Waals surface area contributed by atoms with Crippen LogP contribution in [0.2, 0.25) is 0 Å². The van der Waals surface area contributed by atoms with Gasteiger partial charge in [-0.15, -0.1) is 0 Å². The van der Waals surface area contributed by atoms with Crippen LogP contribution in [0.25, 0.3) is 0 Å². The number of aliphatic carboxylic acids is 1. The lowest BCUT2D eigenvalue weighted by atomic mass is 9.42. The number of para-hydroxylation sites is 1. The zero-order chi connectivity index (χ0) is 36.0. The van der Waals surface area contributed by atoms with Crippen LogP contribution in [0.15, 0.2) is 24.3 Å². The van der Waals surface area contributed by atoms with E-state index >= 15 is 0 Å². The number of carbonyl (C=O) groups is 3. The molecule has 5 aliphatic carbocycles. The minimum Gasteiger partial charge on any atom is -0.481 e. The van der Waals surface area contributed by atoms with E-state index in [1.807, 2.05) is 0 Å². The van der Waals surface area contributed by atoms with Gasteiger partial charge in [0.2, 0.25) is 5.91 Å². The predicted octanol–water partition coefficient (Wildman–Crippen LogP) is 2.19. The van der Waals surface area contributed by atoms with Gasteiger partial charge in [0.05, 0.1) is 54.7 Å². The quantitative estimate of drug-likeness (QED) is 0.235. The number of fused-ring (bicyclic) bond motifs is 2. The molecule has 7 rings (SSSR count). The molecule has 6 aliphatic rings. The fraction of sp³-hybridized carbons (Fsp3) is 0.757. The molecule has 50 heavy (non-hydrogen) atoms. The maximum atomic E-state index is 13.9. The van der Waals surface area contributed by atoms with Crippen LogP contribution < -0.4 is 5.32 Å². The van der Waals surface area contributed by atoms with Gasteiger partial charge in [0.25, 0.3) is 0 Å². The third-order valence-corrected chi connectivity index (χ3v) is 14.1. The van der Waals surface area contributed by atoms with Crippen molar-refractivity contribution in [1.82, 2.24) is 4.90 Å². The molecule has 6 fully saturated rings. The Bertz CT molecular complexity index is 1530. The Morgan fingerprint density at radius 1 is 1.06 bits per heavy atom. The Labute approximate surface area is 292 Å². The number of nitrogens with one attached hydrogen (secondary N) is 1. The number of amides is 1. The van der Waals surface area contributed by atoms with E-state index in [-0.39, 0.29) is 72.7 Å². The van der Waals surface area contributed by atoms with E-state index in [4.69, 9.17) is 28.8 Å². The van der Waals surface area contributed by atoms with Crippen LogP contribution in [0, 0.1) is 40.4 Å². The summed E-state index contributed by atoms with van der Waals surface area (Å²) >= 11 is 0. The average Bonchev–Trinajstić information content (AvgIpc) is 3.52. The van der Waals surface area contributed by atoms with Crippen molar-refractivity contribution < 1.29 is 53.4 Å². The first kappa shape index (κ1) is 35.7. The Balaban J connectivity index is 1.29. The molecule has 5 saturated carbocycles. The Kier molecular flexibility index (Phi) is 8.93. The molecule has 1 aliphatic heterocycles. The molecule has 1 aromatic carbocycles. The number of hydrogen-bond donors (Lipinski definition) is 4. The van der Waals surface area contributed by atoms with Crippen molar-refractivity contribution in [2.75, 3.05) is 53.5 Å². The zero-order valence-corrected chi connectivity index (χ0v) is 29.8. The molecule has 13 heteroatoms. The highest BCUT2D eigenvalue weighted by molar-refractivity contribution is 6.02. The van der Waals surface area contributed by atoms with Gasteiger partial charge >= 0.3 is 11.9 Å². The molecule has 1 aromatic rings. The molecule has 1 saturated heterocycles. The first-order chi connectivity index (χ1) is 23.8. The number of likely N-dealkylation sites (tertiary alicyclic amines) is 1. The summed E-state index contributed by atoms with van der Waals surface area (Å²) in [5.41, 5.74) is -4.20. The fourth-order valence-electron chi connectivity index (χ4n) is 12.7. The third kappa shape index (κ3) is 4.46. The summed E-state index contributed by atoms with van der Waals surface area (Å²) < 4.78 is 31.3. The second-order valence-electron chi connectivity index (χ2n) is 15.8. The van der Waals surface area contributed by atoms with Crippen molar-refractivity contribution in [3.8, 4) is 0 Å². The van der Waals surface area contributed by atoms with Crippen LogP contribution in [0.5, 0.6) is 0 Å². The highest BCUT2D eigenvalue weighted by atomic mass is 16.5. The Morgan fingerprint density at radius 3 is 2.44 bits per heavy atom. The number of rotatable bonds is 12. The molecule has 1 amide bonds. The van der Waals surface area contributed by atoms with Crippen LogP contribution in [-0.2, 0) is 33.3 Å². The number of carboxylic acid groups (broad SMARTS) is 1. The molecule has 7 bridgehead atoms. The summed E-state index contributed by atoms with van der Waals surface area (Å²) in [7, 11) is 6.66. The van der Waals surface area contributed by atoms with Crippen LogP contribution in [-0.4, -0.2) is 128 Å². The van der Waals surface area contributed by atoms with E-state index in [9.17, 15) is 24.6 Å². The smallest absolute Gasteiger partial charge is 0.340 e. The number of hydrogen-bond acceptors (Lipinski definition) is 11. The number of benzene rings is 1. The third-order valence-electron chi connectivity index (χ3n) is 14.1. The van der Waals surface area contributed by atoms with Crippen molar-refractivity contribution in [2.45, 2.75) is 87.6 Å². The minimum atomic E-state index is -1.71. The number of nitrogens with zero attached hydrogens (tertiary/aromatic N) is 1. The van der Waals surface area contributed by atoms with Gasteiger partial charge in [-0.05, 0) is 43.9 Å². The largest absolute Gasteiger partial charge is 0.481 e. The second-order valence-corrected chi connectivity index (χ2v) is 15.8. The van der Waals surface area contributed by atoms with Gasteiger partial charge in [-0.1, -0.05) is 26.0 Å². The second kappa shape index (κ2) is 12.5. The van der Waals surface area contributed by atoms with Crippen LogP contribution in [0.1, 0.15) is 56.3 Å². The number of carboxylic acids is 1. The lowest BCUT2D eigenvalue weighted by Crippen LogP contribution is -2.82. The summed E-state index contributed by atoms with van der Waals surface area (Å²) in [6.45, 7) is 4.72. The molecule has 0 unspecified atom stereocenters. The summed E-state index contributed by atoms with van der Waals surface area (Å²) in [5, 5.41) is 38.4. The normalized spacial score (nSPS) is 44.4. The van der Waals surface area contributed by atoms with Crippen molar-refractivity contribution in [1.29, 1.82) is 0 Å². The maximum Gasteiger partial charge on any atom is 0.340 e. The molecular weight excluding hydrogens is 648 g/mol. The van der Waals surface area contributed by atoms with Gasteiger partial charge in [-0.3, -0.25) is 14.5 Å². The monoisotopic (exact) mass is 700 g/mol. The number of methoxy groups -OCH3 is 4. The number of aliphatic hydroxyl groups is 2. The number of piperidine rings is 1. The van der Waals surface area contributed by atoms with Gasteiger partial charge in [-0.2, -0.15) is 0 Å². The molecule has 1 heterocycles. The fourth-order valence-corrected chi connectivity index (χ4v) is 12.7. The van der Waals surface area contributed by atoms with Crippen LogP contribution in [0.3, 0.4) is 0 Å². The molecule has 0 aromatic heterocycles. The van der Waals surface area contributed by atoms with E-state index < -0.39 is 57.9 Å². The Morgan fingerprint density at radius 2 is 1.80 bits per heavy atom. The molecule has 14 atom stereocenters. The van der Waals surface area contributed by atoms with Crippen molar-refractivity contribution in [3.05, 3.63) is 29.8 Å². The molecule has 13 nitrogen and oxygen atoms in total. The van der Waals surface area contributed by atoms with Gasteiger partial charge < -0.3 is 44.3 Å². The topological polar surface area (TPSA) is 173 Å². The van der Waals surface area contributed by atoms with E-state index in [1.165, 1.54) is 6.92 Å². The minimum absolute atomic E-state index is 0.0270. The SMILES string of the molecule is CCN1C[C@@]2(COC(=O)c3ccccc3NC(=O)[C@@H](C)CC(=O)O)CC[C@H](OC)[C@@]34[C@@H]5C[C@@H]6[C@H](OC)[C@@H]5[C@@](O)(C[C@H]6OC)[C@@](O)([C@@H](OC)[C@H]23)[C@@H]14. The maximum absolute atomic E-state index is 13.9. The van der Waals surface area contributed by atoms with Gasteiger partial charge in [0.15, 0.2) is 0 Å². The molecule has 4 N–H and O–H groups in total. The summed E-state index contributed by atoms with van der Waals surface area (Å²) in [6, 6.07) is 6.05. The average molecular weight is 701 g/mol. The summed E-state index contributed by atoms with van der Waals surface area (Å²) in [6.07, 6.45) is 0.295. The van der Waals surface area contributed by atoms with Crippen molar-refractivity contribution in [2.24, 2.45) is 40.4 Å². The first-order valence-electron chi connectivity index (χ1n) is 17.9. The van der Waals surface area contributed by atoms with Crippen LogP contribution in [0.4, 0.5) is 5.69 Å². The first-order valence-corrected chi connectivity index (χ1v) is 17.9. The van der Waals surface area contributed by atoms with E-state index in [1.54, 1.807) is 52.7 Å². The van der Waals surface area contributed by atoms with Gasteiger partial charge in [0.1, 0.15) is 11.2 Å². The molecular formula is C37H52N2O11. The number of anilines is 1. The zero-order valence-electron chi connectivity index (χ0n) is 29.8. The lowest BCUT2D eigenvalue weighted by molar-refractivity contribution is -0.320. The van der Waals surface area contributed by atoms with E-state index in [2.05, 4.69) is 17.1 Å². The van der Waals surface area contributed by atoms with Gasteiger partial charge in [-0.25, -0.2) is 4.79 Å². The van der Waals surface area contributed by atoms with Gasteiger partial charge in [0, 0.05) is 75.9 Å². The lowest BCUT2D eigenvalue weighted by Gasteiger charge is -2.70. The number of likely N-dealkylation sites (N-methyl/N-ethyl adjacent to an activating group) is 1. The highest BCUT2D eigenvalue weighted by Crippen LogP contribution is 2.80. The standard InChI is InChI=1S/C37H52N2O11/c1-7-39-17-34(18-50-32(43)20-10-8-9-11-23(20)38-31(42)19(2)14-26(40)41)13-12-25(47-4)36-22-15-21-24(46-3)16-35(44,27(22)28(21)48-5)37(45,33(36)39)30(49-6)29(34)36/h8-11,19,21-22,24-25,27-30,33,44-45H,7,12-18H2,1-6H3,(H,38,42)(H,40,41)/t19-,21-,22+,24+,25-,27+,28-,29+,30-,33-,34+,35-,36-,37+/m0/s1. The van der Waals surface area contributed by atoms with Crippen molar-refractivity contribution in [3.63, 3.8) is 0 Å². The predicted molar refractivity (Wildman–Crippen MR) is 178 cm³/mol. The van der Waals surface area contributed by atoms with Crippen molar-refractivity contribution >= 4 is 23.5 Å². The number of esters is 1. The Hall–Kier alpha value is -2.65. The summed E-state index contributed by atoms with van der Waals surface area (Å²) in [4.78, 5) is 40.2. The number of carbonyl (C=O) groups excluding carboxylic acids is 2.